The lowest BCUT2D eigenvalue weighted by atomic mass is 9.75. The second-order valence-electron chi connectivity index (χ2n) is 8.05. The Balaban J connectivity index is 3.50. The van der Waals surface area contributed by atoms with Crippen molar-refractivity contribution in [2.75, 3.05) is 13.7 Å². The molecule has 0 saturated heterocycles. The number of ether oxygens (including phenoxy) is 2. The summed E-state index contributed by atoms with van der Waals surface area (Å²) >= 11 is 0. The maximum Gasteiger partial charge on any atom is 0.427 e. The van der Waals surface area contributed by atoms with E-state index in [1.165, 1.54) is 14.0 Å². The number of halogens is 3. The first-order valence-electron chi connectivity index (χ1n) is 8.77. The van der Waals surface area contributed by atoms with Crippen LogP contribution in [0.5, 0.6) is 5.75 Å². The maximum absolute atomic E-state index is 14.2. The van der Waals surface area contributed by atoms with E-state index in [4.69, 9.17) is 13.9 Å². The fourth-order valence-corrected chi connectivity index (χ4v) is 4.28. The van der Waals surface area contributed by atoms with Gasteiger partial charge < -0.3 is 13.9 Å². The third kappa shape index (κ3) is 5.71. The van der Waals surface area contributed by atoms with Gasteiger partial charge in [0, 0.05) is 6.42 Å². The summed E-state index contributed by atoms with van der Waals surface area (Å²) in [5.74, 6) is -0.865. The van der Waals surface area contributed by atoms with Crippen LogP contribution in [0.15, 0.2) is 24.3 Å². The zero-order valence-corrected chi connectivity index (χ0v) is 18.0. The largest absolute Gasteiger partial charge is 0.497 e. The van der Waals surface area contributed by atoms with E-state index < -0.39 is 37.9 Å². The van der Waals surface area contributed by atoms with Crippen LogP contribution in [0.3, 0.4) is 0 Å². The Labute approximate surface area is 160 Å². The lowest BCUT2D eigenvalue weighted by molar-refractivity contribution is -0.261. The summed E-state index contributed by atoms with van der Waals surface area (Å²) in [5, 5.41) is 0. The van der Waals surface area contributed by atoms with Crippen molar-refractivity contribution >= 4 is 14.3 Å². The molecule has 0 spiro atoms. The minimum Gasteiger partial charge on any atom is -0.497 e. The highest BCUT2D eigenvalue weighted by molar-refractivity contribution is 6.70. The van der Waals surface area contributed by atoms with Crippen LogP contribution in [0, 0.1) is 0 Å². The van der Waals surface area contributed by atoms with Gasteiger partial charge in [-0.3, -0.25) is 0 Å². The van der Waals surface area contributed by atoms with E-state index in [9.17, 15) is 18.0 Å². The smallest absolute Gasteiger partial charge is 0.427 e. The topological polar surface area (TPSA) is 44.8 Å². The molecular weight excluding hydrogens is 377 g/mol. The van der Waals surface area contributed by atoms with Crippen LogP contribution in [0.25, 0.3) is 0 Å². The molecule has 0 aliphatic heterocycles. The molecule has 154 valence electrons. The standard InChI is InChI=1S/C19H29F3O4Si/c1-8-25-16(23)18(19(20,21)22,26-27(5,6)7)13-17(2,3)14-10-9-11-15(12-14)24-4/h9-12H,8,13H2,1-7H3. The predicted octanol–water partition coefficient (Wildman–Crippen LogP) is 5.08. The van der Waals surface area contributed by atoms with Crippen molar-refractivity contribution in [2.24, 2.45) is 0 Å². The third-order valence-electron chi connectivity index (χ3n) is 4.09. The first-order chi connectivity index (χ1) is 12.2. The number of esters is 1. The van der Waals surface area contributed by atoms with Gasteiger partial charge in [-0.05, 0) is 49.7 Å². The molecule has 0 N–H and O–H groups in total. The van der Waals surface area contributed by atoms with Crippen LogP contribution in [-0.2, 0) is 19.4 Å². The molecule has 0 heterocycles. The van der Waals surface area contributed by atoms with E-state index in [0.29, 0.717) is 11.3 Å². The summed E-state index contributed by atoms with van der Waals surface area (Å²) in [6.07, 6.45) is -5.52. The molecule has 0 saturated carbocycles. The van der Waals surface area contributed by atoms with Crippen molar-refractivity contribution < 1.29 is 31.9 Å². The van der Waals surface area contributed by atoms with Gasteiger partial charge in [0.1, 0.15) is 5.75 Å². The average Bonchev–Trinajstić information content (AvgIpc) is 2.51. The number of rotatable bonds is 8. The molecule has 0 bridgehead atoms. The fourth-order valence-electron chi connectivity index (χ4n) is 2.96. The minimum atomic E-state index is -4.92. The van der Waals surface area contributed by atoms with Gasteiger partial charge in [-0.25, -0.2) is 4.79 Å². The Kier molecular flexibility index (Phi) is 7.15. The molecule has 0 aliphatic carbocycles. The van der Waals surface area contributed by atoms with Gasteiger partial charge in [0.15, 0.2) is 8.32 Å². The van der Waals surface area contributed by atoms with Gasteiger partial charge in [-0.15, -0.1) is 0 Å². The number of carbonyl (C=O) groups excluding carboxylic acids is 1. The van der Waals surface area contributed by atoms with Crippen molar-refractivity contribution in [3.63, 3.8) is 0 Å². The normalized spacial score (nSPS) is 15.2. The predicted molar refractivity (Wildman–Crippen MR) is 100 cm³/mol. The van der Waals surface area contributed by atoms with Crippen molar-refractivity contribution in [2.45, 2.75) is 64.0 Å². The summed E-state index contributed by atoms with van der Waals surface area (Å²) in [7, 11) is -1.27. The lowest BCUT2D eigenvalue weighted by Crippen LogP contribution is -2.61. The molecule has 0 aliphatic rings. The molecule has 4 nitrogen and oxygen atoms in total. The molecule has 27 heavy (non-hydrogen) atoms. The van der Waals surface area contributed by atoms with Crippen LogP contribution in [-0.4, -0.2) is 39.8 Å². The summed E-state index contributed by atoms with van der Waals surface area (Å²) in [5.41, 5.74) is -3.45. The first-order valence-corrected chi connectivity index (χ1v) is 12.2. The van der Waals surface area contributed by atoms with Crippen LogP contribution < -0.4 is 4.74 Å². The molecule has 0 aromatic heterocycles. The van der Waals surface area contributed by atoms with Crippen LogP contribution >= 0.6 is 0 Å². The van der Waals surface area contributed by atoms with Crippen molar-refractivity contribution in [1.29, 1.82) is 0 Å². The Morgan fingerprint density at radius 3 is 2.19 bits per heavy atom. The summed E-state index contributed by atoms with van der Waals surface area (Å²) < 4.78 is 58.2. The molecule has 8 heteroatoms. The van der Waals surface area contributed by atoms with E-state index in [0.717, 1.165) is 0 Å². The number of carbonyl (C=O) groups is 1. The fraction of sp³-hybridized carbons (Fsp3) is 0.632. The number of alkyl halides is 3. The highest BCUT2D eigenvalue weighted by atomic mass is 28.4. The monoisotopic (exact) mass is 406 g/mol. The number of methoxy groups -OCH3 is 1. The average molecular weight is 407 g/mol. The van der Waals surface area contributed by atoms with E-state index in [1.54, 1.807) is 57.8 Å². The number of hydrogen-bond donors (Lipinski definition) is 0. The van der Waals surface area contributed by atoms with Gasteiger partial charge in [-0.1, -0.05) is 26.0 Å². The Morgan fingerprint density at radius 1 is 1.15 bits per heavy atom. The summed E-state index contributed by atoms with van der Waals surface area (Å²) in [6, 6.07) is 6.79. The second kappa shape index (κ2) is 8.22. The SMILES string of the molecule is CCOC(=O)C(CC(C)(C)c1cccc(OC)c1)(O[Si](C)(C)C)C(F)(F)F. The van der Waals surface area contributed by atoms with Crippen molar-refractivity contribution in [3.8, 4) is 5.75 Å². The molecule has 1 rings (SSSR count). The molecule has 0 radical (unpaired) electrons. The summed E-state index contributed by atoms with van der Waals surface area (Å²) in [6.45, 7) is 9.46. The third-order valence-corrected chi connectivity index (χ3v) is 5.05. The van der Waals surface area contributed by atoms with E-state index in [2.05, 4.69) is 0 Å². The van der Waals surface area contributed by atoms with Gasteiger partial charge in [0.05, 0.1) is 13.7 Å². The second-order valence-corrected chi connectivity index (χ2v) is 12.5. The van der Waals surface area contributed by atoms with Gasteiger partial charge >= 0.3 is 12.1 Å². The van der Waals surface area contributed by atoms with Crippen molar-refractivity contribution in [3.05, 3.63) is 29.8 Å². The molecular formula is C19H29F3O4Si. The Morgan fingerprint density at radius 2 is 1.74 bits per heavy atom. The highest BCUT2D eigenvalue weighted by Crippen LogP contribution is 2.46. The zero-order valence-electron chi connectivity index (χ0n) is 17.0. The van der Waals surface area contributed by atoms with Crippen LogP contribution in [0.1, 0.15) is 32.8 Å². The molecule has 1 atom stereocenters. The maximum atomic E-state index is 14.2. The molecule has 0 fully saturated rings. The van der Waals surface area contributed by atoms with Crippen molar-refractivity contribution in [1.82, 2.24) is 0 Å². The van der Waals surface area contributed by atoms with E-state index in [1.807, 2.05) is 0 Å². The van der Waals surface area contributed by atoms with E-state index in [-0.39, 0.29) is 6.61 Å². The quantitative estimate of drug-likeness (QED) is 0.446. The lowest BCUT2D eigenvalue weighted by Gasteiger charge is -2.42. The van der Waals surface area contributed by atoms with E-state index >= 15 is 0 Å². The molecule has 0 amide bonds. The minimum absolute atomic E-state index is 0.161. The van der Waals surface area contributed by atoms with Gasteiger partial charge in [-0.2, -0.15) is 13.2 Å². The molecule has 1 unspecified atom stereocenters. The van der Waals surface area contributed by atoms with Crippen LogP contribution in [0.4, 0.5) is 13.2 Å². The Hall–Kier alpha value is -1.54. The van der Waals surface area contributed by atoms with Gasteiger partial charge in [0.2, 0.25) is 0 Å². The zero-order chi connectivity index (χ0) is 21.1. The number of benzene rings is 1. The highest BCUT2D eigenvalue weighted by Gasteiger charge is 2.65. The number of hydrogen-bond acceptors (Lipinski definition) is 4. The summed E-state index contributed by atoms with van der Waals surface area (Å²) in [4.78, 5) is 12.6. The van der Waals surface area contributed by atoms with Crippen LogP contribution in [0.2, 0.25) is 19.6 Å². The van der Waals surface area contributed by atoms with Gasteiger partial charge in [0.25, 0.3) is 5.60 Å². The molecule has 1 aromatic rings. The Bertz CT molecular complexity index is 653. The first kappa shape index (κ1) is 23.5. The molecule has 1 aromatic carbocycles.